The number of nitrogens with one attached hydrogen (secondary N) is 1. The number of para-hydroxylation sites is 1. The van der Waals surface area contributed by atoms with Crippen molar-refractivity contribution in [2.45, 2.75) is 36.8 Å². The van der Waals surface area contributed by atoms with Crippen molar-refractivity contribution < 1.29 is 19.1 Å². The molecule has 168 valence electrons. The highest BCUT2D eigenvalue weighted by molar-refractivity contribution is 8.01. The minimum absolute atomic E-state index is 0.205. The van der Waals surface area contributed by atoms with E-state index in [2.05, 4.69) is 10.3 Å². The predicted octanol–water partition coefficient (Wildman–Crippen LogP) is 5.69. The number of rotatable bonds is 9. The predicted molar refractivity (Wildman–Crippen MR) is 126 cm³/mol. The van der Waals surface area contributed by atoms with Crippen molar-refractivity contribution in [3.63, 3.8) is 0 Å². The van der Waals surface area contributed by atoms with Crippen LogP contribution in [0.25, 0.3) is 0 Å². The number of esters is 1. The van der Waals surface area contributed by atoms with E-state index in [1.165, 1.54) is 35.9 Å². The molecular formula is C21H26ClN3O4S2. The number of thioether (sulfide) groups is 1. The van der Waals surface area contributed by atoms with Gasteiger partial charge in [-0.3, -0.25) is 15.0 Å². The van der Waals surface area contributed by atoms with Crippen molar-refractivity contribution in [3.8, 4) is 5.75 Å². The van der Waals surface area contributed by atoms with Crippen LogP contribution in [0.2, 0.25) is 5.02 Å². The van der Waals surface area contributed by atoms with Gasteiger partial charge in [0.05, 0.1) is 40.6 Å². The van der Waals surface area contributed by atoms with Crippen LogP contribution < -0.4 is 15.0 Å². The fraction of sp³-hybridized carbons (Fsp3) is 0.476. The molecule has 3 rings (SSSR count). The quantitative estimate of drug-likeness (QED) is 0.364. The summed E-state index contributed by atoms with van der Waals surface area (Å²) >= 11 is 8.96. The van der Waals surface area contributed by atoms with Crippen LogP contribution in [0.15, 0.2) is 28.6 Å². The van der Waals surface area contributed by atoms with Crippen LogP contribution in [0.5, 0.6) is 5.75 Å². The summed E-state index contributed by atoms with van der Waals surface area (Å²) in [4.78, 5) is 30.8. The third kappa shape index (κ3) is 6.51. The van der Waals surface area contributed by atoms with Crippen LogP contribution in [-0.2, 0) is 9.53 Å². The molecule has 0 saturated heterocycles. The molecule has 10 heteroatoms. The number of halogens is 1. The van der Waals surface area contributed by atoms with Crippen molar-refractivity contribution in [1.82, 2.24) is 4.98 Å². The molecule has 1 N–H and O–H groups in total. The first-order chi connectivity index (χ1) is 15.0. The van der Waals surface area contributed by atoms with Crippen LogP contribution in [0.1, 0.15) is 32.6 Å². The van der Waals surface area contributed by atoms with E-state index in [0.29, 0.717) is 40.7 Å². The normalized spacial score (nSPS) is 13.8. The summed E-state index contributed by atoms with van der Waals surface area (Å²) < 4.78 is 11.2. The van der Waals surface area contributed by atoms with Crippen molar-refractivity contribution in [1.29, 1.82) is 0 Å². The summed E-state index contributed by atoms with van der Waals surface area (Å²) in [6, 6.07) is 5.09. The number of hydrogen-bond acceptors (Lipinski definition) is 7. The second kappa shape index (κ2) is 11.6. The number of hydrogen-bond donors (Lipinski definition) is 1. The molecule has 1 aromatic carbocycles. The van der Waals surface area contributed by atoms with E-state index < -0.39 is 0 Å². The zero-order valence-corrected chi connectivity index (χ0v) is 19.9. The largest absolute Gasteiger partial charge is 0.493 e. The third-order valence-corrected chi connectivity index (χ3v) is 7.32. The molecule has 31 heavy (non-hydrogen) atoms. The fourth-order valence-corrected chi connectivity index (χ4v) is 5.44. The lowest BCUT2D eigenvalue weighted by Gasteiger charge is -2.27. The van der Waals surface area contributed by atoms with Crippen molar-refractivity contribution >= 4 is 57.5 Å². The summed E-state index contributed by atoms with van der Waals surface area (Å²) in [6.07, 6.45) is 6.20. The van der Waals surface area contributed by atoms with Crippen molar-refractivity contribution in [3.05, 3.63) is 29.4 Å². The van der Waals surface area contributed by atoms with Gasteiger partial charge in [-0.05, 0) is 37.8 Å². The lowest BCUT2D eigenvalue weighted by atomic mass is 10.1. The van der Waals surface area contributed by atoms with Gasteiger partial charge in [0.1, 0.15) is 0 Å². The maximum Gasteiger partial charge on any atom is 0.328 e. The average Bonchev–Trinajstić information content (AvgIpc) is 3.42. The van der Waals surface area contributed by atoms with Gasteiger partial charge in [0.2, 0.25) is 0 Å². The minimum Gasteiger partial charge on any atom is -0.493 e. The molecule has 2 amide bonds. The van der Waals surface area contributed by atoms with Crippen LogP contribution in [0.4, 0.5) is 15.6 Å². The first kappa shape index (κ1) is 23.7. The molecule has 1 saturated carbocycles. The number of methoxy groups -OCH3 is 1. The monoisotopic (exact) mass is 483 g/mol. The van der Waals surface area contributed by atoms with Gasteiger partial charge in [-0.15, -0.1) is 11.8 Å². The Kier molecular flexibility index (Phi) is 8.86. The van der Waals surface area contributed by atoms with E-state index in [1.54, 1.807) is 31.2 Å². The van der Waals surface area contributed by atoms with Gasteiger partial charge >= 0.3 is 12.0 Å². The zero-order valence-electron chi connectivity index (χ0n) is 17.6. The summed E-state index contributed by atoms with van der Waals surface area (Å²) in [5.41, 5.74) is 0.632. The van der Waals surface area contributed by atoms with Crippen LogP contribution in [-0.4, -0.2) is 43.0 Å². The number of anilines is 2. The number of carbonyl (C=O) groups is 2. The molecule has 2 aromatic rings. The number of urea groups is 1. The molecule has 1 heterocycles. The Morgan fingerprint density at radius 1 is 1.35 bits per heavy atom. The van der Waals surface area contributed by atoms with E-state index >= 15 is 0 Å². The molecule has 0 unspecified atom stereocenters. The van der Waals surface area contributed by atoms with Crippen LogP contribution >= 0.6 is 34.7 Å². The van der Waals surface area contributed by atoms with E-state index in [1.807, 2.05) is 12.1 Å². The van der Waals surface area contributed by atoms with Gasteiger partial charge in [-0.2, -0.15) is 0 Å². The van der Waals surface area contributed by atoms with E-state index in [4.69, 9.17) is 21.1 Å². The molecule has 0 atom stereocenters. The first-order valence-electron chi connectivity index (χ1n) is 10.2. The Balaban J connectivity index is 1.73. The highest BCUT2D eigenvalue weighted by atomic mass is 35.5. The standard InChI is InChI=1S/C21H26ClN3O4S2/c1-3-29-17(26)13-30-18-11-23-20(31-18)24-21(27)25(12-14-7-4-5-8-14)16-10-6-9-15(22)19(16)28-2/h6,9-11,14H,3-5,7-8,12-13H2,1-2H3,(H,23,24,27). The lowest BCUT2D eigenvalue weighted by Crippen LogP contribution is -2.38. The Morgan fingerprint density at radius 3 is 2.84 bits per heavy atom. The number of benzene rings is 1. The molecule has 1 fully saturated rings. The fourth-order valence-electron chi connectivity index (χ4n) is 3.53. The molecule has 1 aliphatic carbocycles. The molecule has 0 aliphatic heterocycles. The number of nitrogens with zero attached hydrogens (tertiary/aromatic N) is 2. The molecule has 0 radical (unpaired) electrons. The van der Waals surface area contributed by atoms with E-state index in [-0.39, 0.29) is 17.8 Å². The Hall–Kier alpha value is -1.97. The highest BCUT2D eigenvalue weighted by Gasteiger charge is 2.27. The molecule has 0 spiro atoms. The zero-order chi connectivity index (χ0) is 22.2. The first-order valence-corrected chi connectivity index (χ1v) is 12.3. The number of aromatic nitrogens is 1. The topological polar surface area (TPSA) is 80.8 Å². The maximum absolute atomic E-state index is 13.2. The molecule has 7 nitrogen and oxygen atoms in total. The Bertz CT molecular complexity index is 903. The van der Waals surface area contributed by atoms with Crippen molar-refractivity contribution in [2.75, 3.05) is 36.2 Å². The van der Waals surface area contributed by atoms with E-state index in [9.17, 15) is 9.59 Å². The average molecular weight is 484 g/mol. The summed E-state index contributed by atoms with van der Waals surface area (Å²) in [5, 5.41) is 3.81. The Labute approximate surface area is 195 Å². The summed E-state index contributed by atoms with van der Waals surface area (Å²) in [6.45, 7) is 2.71. The molecule has 0 bridgehead atoms. The minimum atomic E-state index is -0.288. The van der Waals surface area contributed by atoms with Gasteiger partial charge in [-0.1, -0.05) is 41.8 Å². The van der Waals surface area contributed by atoms with Gasteiger partial charge in [-0.25, -0.2) is 9.78 Å². The van der Waals surface area contributed by atoms with Crippen LogP contribution in [0, 0.1) is 5.92 Å². The summed E-state index contributed by atoms with van der Waals surface area (Å²) in [5.74, 6) is 0.836. The summed E-state index contributed by atoms with van der Waals surface area (Å²) in [7, 11) is 1.55. The van der Waals surface area contributed by atoms with Crippen molar-refractivity contribution in [2.24, 2.45) is 5.92 Å². The molecular weight excluding hydrogens is 458 g/mol. The van der Waals surface area contributed by atoms with Gasteiger partial charge in [0, 0.05) is 6.54 Å². The highest BCUT2D eigenvalue weighted by Crippen LogP contribution is 2.38. The smallest absolute Gasteiger partial charge is 0.328 e. The maximum atomic E-state index is 13.2. The van der Waals surface area contributed by atoms with E-state index in [0.717, 1.165) is 17.1 Å². The van der Waals surface area contributed by atoms with Crippen LogP contribution in [0.3, 0.4) is 0 Å². The number of ether oxygens (including phenoxy) is 2. The number of amides is 2. The number of carbonyl (C=O) groups excluding carboxylic acids is 2. The number of thiazole rings is 1. The SMILES string of the molecule is CCOC(=O)CSc1cnc(NC(=O)N(CC2CCCC2)c2cccc(Cl)c2OC)s1. The van der Waals surface area contributed by atoms with Gasteiger partial charge in [0.15, 0.2) is 10.9 Å². The molecule has 1 aromatic heterocycles. The molecule has 1 aliphatic rings. The third-order valence-electron chi connectivity index (χ3n) is 4.94. The lowest BCUT2D eigenvalue weighted by molar-refractivity contribution is -0.139. The van der Waals surface area contributed by atoms with Gasteiger partial charge < -0.3 is 9.47 Å². The Morgan fingerprint density at radius 2 is 2.13 bits per heavy atom. The second-order valence-electron chi connectivity index (χ2n) is 7.06. The van der Waals surface area contributed by atoms with Gasteiger partial charge in [0.25, 0.3) is 0 Å². The second-order valence-corrected chi connectivity index (χ2v) is 9.78.